The SMILES string of the molecule is CC12CCC(O)CC1CCC1C3CCC(=O)C3(CO)CCC12. The first-order valence-electron chi connectivity index (χ1n) is 9.33. The Balaban J connectivity index is 1.64. The molecular formula is C19H30O3. The minimum absolute atomic E-state index is 0.0680. The lowest BCUT2D eigenvalue weighted by Gasteiger charge is -2.60. The topological polar surface area (TPSA) is 57.5 Å². The van der Waals surface area contributed by atoms with Crippen LogP contribution in [0.25, 0.3) is 0 Å². The molecule has 4 saturated carbocycles. The van der Waals surface area contributed by atoms with E-state index in [0.29, 0.717) is 41.3 Å². The first kappa shape index (κ1) is 15.1. The maximum absolute atomic E-state index is 12.4. The fraction of sp³-hybridized carbons (Fsp3) is 0.947. The smallest absolute Gasteiger partial charge is 0.141 e. The van der Waals surface area contributed by atoms with Gasteiger partial charge in [-0.3, -0.25) is 4.79 Å². The summed E-state index contributed by atoms with van der Waals surface area (Å²) in [6.07, 6.45) is 9.10. The number of rotatable bonds is 1. The molecule has 0 spiro atoms. The number of hydrogen-bond acceptors (Lipinski definition) is 3. The average Bonchev–Trinajstić information content (AvgIpc) is 2.86. The van der Waals surface area contributed by atoms with Gasteiger partial charge in [-0.25, -0.2) is 0 Å². The second kappa shape index (κ2) is 5.04. The van der Waals surface area contributed by atoms with Crippen molar-refractivity contribution in [1.82, 2.24) is 0 Å². The van der Waals surface area contributed by atoms with E-state index in [9.17, 15) is 15.0 Å². The lowest BCUT2D eigenvalue weighted by atomic mass is 9.45. The Morgan fingerprint density at radius 2 is 1.91 bits per heavy atom. The number of fused-ring (bicyclic) bond motifs is 5. The molecule has 0 saturated heterocycles. The first-order chi connectivity index (χ1) is 10.5. The standard InChI is InChI=1S/C19H30O3/c1-18-8-6-13(21)10-12(18)2-3-14-15(18)7-9-19(11-20)16(14)4-5-17(19)22/h12-16,20-21H,2-11H2,1H3. The number of carbonyl (C=O) groups excluding carboxylic acids is 1. The van der Waals surface area contributed by atoms with Gasteiger partial charge in [0, 0.05) is 6.42 Å². The molecule has 3 nitrogen and oxygen atoms in total. The molecule has 0 radical (unpaired) electrons. The van der Waals surface area contributed by atoms with Crippen LogP contribution < -0.4 is 0 Å². The molecule has 2 N–H and O–H groups in total. The molecule has 22 heavy (non-hydrogen) atoms. The molecule has 0 heterocycles. The molecule has 3 heteroatoms. The van der Waals surface area contributed by atoms with Crippen LogP contribution >= 0.6 is 0 Å². The Morgan fingerprint density at radius 3 is 2.68 bits per heavy atom. The Kier molecular flexibility index (Phi) is 3.47. The maximum atomic E-state index is 12.4. The van der Waals surface area contributed by atoms with Crippen LogP contribution in [0.1, 0.15) is 64.7 Å². The van der Waals surface area contributed by atoms with E-state index in [1.54, 1.807) is 0 Å². The van der Waals surface area contributed by atoms with Crippen LogP contribution in [0.2, 0.25) is 0 Å². The van der Waals surface area contributed by atoms with Crippen molar-refractivity contribution in [2.75, 3.05) is 6.61 Å². The first-order valence-corrected chi connectivity index (χ1v) is 9.33. The fourth-order valence-electron chi connectivity index (χ4n) is 7.11. The number of aliphatic hydroxyl groups is 2. The minimum Gasteiger partial charge on any atom is -0.395 e. The molecule has 4 aliphatic rings. The van der Waals surface area contributed by atoms with Crippen LogP contribution in [0.15, 0.2) is 0 Å². The molecule has 124 valence electrons. The number of carbonyl (C=O) groups is 1. The summed E-state index contributed by atoms with van der Waals surface area (Å²) in [5.74, 6) is 2.76. The summed E-state index contributed by atoms with van der Waals surface area (Å²) in [6.45, 7) is 2.53. The summed E-state index contributed by atoms with van der Waals surface area (Å²) in [4.78, 5) is 12.4. The van der Waals surface area contributed by atoms with Crippen LogP contribution in [0.3, 0.4) is 0 Å². The molecule has 4 aliphatic carbocycles. The molecule has 7 atom stereocenters. The van der Waals surface area contributed by atoms with E-state index in [-0.39, 0.29) is 12.7 Å². The van der Waals surface area contributed by atoms with Gasteiger partial charge in [-0.05, 0) is 80.5 Å². The quantitative estimate of drug-likeness (QED) is 0.783. The zero-order valence-electron chi connectivity index (χ0n) is 13.8. The third-order valence-electron chi connectivity index (χ3n) is 8.37. The van der Waals surface area contributed by atoms with E-state index in [1.807, 2.05) is 0 Å². The van der Waals surface area contributed by atoms with Gasteiger partial charge < -0.3 is 10.2 Å². The summed E-state index contributed by atoms with van der Waals surface area (Å²) < 4.78 is 0. The zero-order chi connectivity index (χ0) is 15.5. The third kappa shape index (κ3) is 1.84. The largest absolute Gasteiger partial charge is 0.395 e. The molecule has 0 aliphatic heterocycles. The highest BCUT2D eigenvalue weighted by Gasteiger charge is 2.61. The maximum Gasteiger partial charge on any atom is 0.141 e. The lowest BCUT2D eigenvalue weighted by molar-refractivity contribution is -0.150. The summed E-state index contributed by atoms with van der Waals surface area (Å²) in [5.41, 5.74) is -0.0338. The highest BCUT2D eigenvalue weighted by atomic mass is 16.3. The Hall–Kier alpha value is -0.410. The van der Waals surface area contributed by atoms with Crippen molar-refractivity contribution < 1.29 is 15.0 Å². The van der Waals surface area contributed by atoms with Crippen molar-refractivity contribution >= 4 is 5.78 Å². The van der Waals surface area contributed by atoms with Crippen molar-refractivity contribution in [3.8, 4) is 0 Å². The summed E-state index contributed by atoms with van der Waals surface area (Å²) in [7, 11) is 0. The monoisotopic (exact) mass is 306 g/mol. The third-order valence-corrected chi connectivity index (χ3v) is 8.37. The van der Waals surface area contributed by atoms with E-state index in [2.05, 4.69) is 6.92 Å². The normalized spacial score (nSPS) is 54.5. The second-order valence-corrected chi connectivity index (χ2v) is 8.90. The predicted molar refractivity (Wildman–Crippen MR) is 84.2 cm³/mol. The summed E-state index contributed by atoms with van der Waals surface area (Å²) in [6, 6.07) is 0. The highest BCUT2D eigenvalue weighted by Crippen LogP contribution is 2.65. The number of ketones is 1. The van der Waals surface area contributed by atoms with Gasteiger partial charge in [0.25, 0.3) is 0 Å². The fourth-order valence-corrected chi connectivity index (χ4v) is 7.11. The van der Waals surface area contributed by atoms with Crippen LogP contribution in [0, 0.1) is 34.5 Å². The van der Waals surface area contributed by atoms with Gasteiger partial charge in [0.1, 0.15) is 5.78 Å². The molecule has 0 aromatic heterocycles. The van der Waals surface area contributed by atoms with Crippen molar-refractivity contribution in [2.45, 2.75) is 70.8 Å². The van der Waals surface area contributed by atoms with E-state index in [1.165, 1.54) is 12.8 Å². The molecule has 4 rings (SSSR count). The average molecular weight is 306 g/mol. The zero-order valence-corrected chi connectivity index (χ0v) is 13.8. The van der Waals surface area contributed by atoms with Crippen LogP contribution in [-0.2, 0) is 4.79 Å². The molecule has 4 fully saturated rings. The highest BCUT2D eigenvalue weighted by molar-refractivity contribution is 5.87. The van der Waals surface area contributed by atoms with Gasteiger partial charge in [0.05, 0.1) is 18.1 Å². The minimum atomic E-state index is -0.390. The number of aliphatic hydroxyl groups excluding tert-OH is 2. The Bertz CT molecular complexity index is 475. The van der Waals surface area contributed by atoms with Gasteiger partial charge in [-0.1, -0.05) is 6.92 Å². The Morgan fingerprint density at radius 1 is 1.09 bits per heavy atom. The molecule has 7 unspecified atom stereocenters. The van der Waals surface area contributed by atoms with E-state index >= 15 is 0 Å². The van der Waals surface area contributed by atoms with Gasteiger partial charge in [-0.2, -0.15) is 0 Å². The van der Waals surface area contributed by atoms with Crippen molar-refractivity contribution in [1.29, 1.82) is 0 Å². The predicted octanol–water partition coefficient (Wildman–Crippen LogP) is 2.93. The van der Waals surface area contributed by atoms with E-state index < -0.39 is 5.41 Å². The molecular weight excluding hydrogens is 276 g/mol. The summed E-state index contributed by atoms with van der Waals surface area (Å²) in [5, 5.41) is 20.0. The molecule has 0 bridgehead atoms. The van der Waals surface area contributed by atoms with Crippen LogP contribution in [0.5, 0.6) is 0 Å². The van der Waals surface area contributed by atoms with Crippen LogP contribution in [0.4, 0.5) is 0 Å². The number of hydrogen-bond donors (Lipinski definition) is 2. The second-order valence-electron chi connectivity index (χ2n) is 8.90. The van der Waals surface area contributed by atoms with Gasteiger partial charge in [0.2, 0.25) is 0 Å². The number of Topliss-reactive ketones (excluding diaryl/α,β-unsaturated/α-hetero) is 1. The molecule has 0 aromatic carbocycles. The van der Waals surface area contributed by atoms with Crippen molar-refractivity contribution in [3.05, 3.63) is 0 Å². The lowest BCUT2D eigenvalue weighted by Crippen LogP contribution is -2.55. The molecule has 0 aromatic rings. The van der Waals surface area contributed by atoms with E-state index in [4.69, 9.17) is 0 Å². The molecule has 0 amide bonds. The van der Waals surface area contributed by atoms with Gasteiger partial charge >= 0.3 is 0 Å². The summed E-state index contributed by atoms with van der Waals surface area (Å²) >= 11 is 0. The van der Waals surface area contributed by atoms with Crippen molar-refractivity contribution in [2.24, 2.45) is 34.5 Å². The van der Waals surface area contributed by atoms with Gasteiger partial charge in [-0.15, -0.1) is 0 Å². The Labute approximate surface area is 133 Å². The van der Waals surface area contributed by atoms with Gasteiger partial charge in [0.15, 0.2) is 0 Å². The van der Waals surface area contributed by atoms with Crippen LogP contribution in [-0.4, -0.2) is 28.7 Å². The van der Waals surface area contributed by atoms with Crippen molar-refractivity contribution in [3.63, 3.8) is 0 Å². The van der Waals surface area contributed by atoms with E-state index in [0.717, 1.165) is 38.5 Å².